The molecule has 3 aromatic rings. The summed E-state index contributed by atoms with van der Waals surface area (Å²) >= 11 is 0. The van der Waals surface area contributed by atoms with E-state index in [-0.39, 0.29) is 37.6 Å². The predicted molar refractivity (Wildman–Crippen MR) is 152 cm³/mol. The minimum absolute atomic E-state index is 0.0487. The highest BCUT2D eigenvalue weighted by molar-refractivity contribution is 6.02. The van der Waals surface area contributed by atoms with E-state index in [1.165, 1.54) is 4.90 Å². The van der Waals surface area contributed by atoms with Crippen LogP contribution in [0.2, 0.25) is 0 Å². The van der Waals surface area contributed by atoms with Crippen LogP contribution in [0, 0.1) is 17.8 Å². The Morgan fingerprint density at radius 1 is 1.17 bits per heavy atom. The van der Waals surface area contributed by atoms with Gasteiger partial charge in [-0.15, -0.1) is 5.10 Å². The fourth-order valence-electron chi connectivity index (χ4n) is 7.23. The summed E-state index contributed by atoms with van der Waals surface area (Å²) in [6.07, 6.45) is 0.745. The summed E-state index contributed by atoms with van der Waals surface area (Å²) in [6.45, 7) is 6.37. The Balaban J connectivity index is 1.29. The third-order valence-electron chi connectivity index (χ3n) is 9.16. The van der Waals surface area contributed by atoms with Crippen molar-refractivity contribution in [3.05, 3.63) is 48.5 Å². The first-order chi connectivity index (χ1) is 20.2. The first kappa shape index (κ1) is 28.1. The lowest BCUT2D eigenvalue weighted by atomic mass is 9.62. The van der Waals surface area contributed by atoms with Crippen molar-refractivity contribution >= 4 is 34.4 Å². The number of aliphatic hydroxyl groups excluding tert-OH is 1. The molecule has 0 saturated carbocycles. The molecular formula is C30H36N6O6. The average Bonchev–Trinajstić information content (AvgIpc) is 3.65. The molecule has 3 saturated heterocycles. The second-order valence-corrected chi connectivity index (χ2v) is 11.5. The summed E-state index contributed by atoms with van der Waals surface area (Å²) < 4.78 is 13.8. The van der Waals surface area contributed by atoms with Gasteiger partial charge in [-0.2, -0.15) is 0 Å². The van der Waals surface area contributed by atoms with E-state index in [9.17, 15) is 19.5 Å². The van der Waals surface area contributed by atoms with Gasteiger partial charge in [0.15, 0.2) is 0 Å². The predicted octanol–water partition coefficient (Wildman–Crippen LogP) is 1.94. The van der Waals surface area contributed by atoms with Gasteiger partial charge in [-0.05, 0) is 69.0 Å². The molecule has 3 unspecified atom stereocenters. The highest BCUT2D eigenvalue weighted by Gasteiger charge is 2.79. The largest absolute Gasteiger partial charge is 0.494 e. The lowest BCUT2D eigenvalue weighted by molar-refractivity contribution is -0.146. The summed E-state index contributed by atoms with van der Waals surface area (Å²) in [5.41, 5.74) is -0.0887. The number of fused-ring (bicyclic) bond motifs is 2. The Hall–Kier alpha value is -4.03. The number of para-hydroxylation sites is 1. The molecule has 12 nitrogen and oxygen atoms in total. The van der Waals surface area contributed by atoms with E-state index >= 15 is 0 Å². The third kappa shape index (κ3) is 4.31. The SMILES string of the molecule is CCOc1ccc(NC(=O)[C@@H]2[C@H]3C(=O)N(CCCO)C(C(=O)NCn4nnc5ccccc54)C34CC(C)[C@@]2(C)O4)cc1. The number of anilines is 1. The topological polar surface area (TPSA) is 148 Å². The number of benzene rings is 2. The fraction of sp³-hybridized carbons (Fsp3) is 0.500. The van der Waals surface area contributed by atoms with Crippen LogP contribution in [0.3, 0.4) is 0 Å². The number of likely N-dealkylation sites (tertiary alicyclic amines) is 1. The molecule has 3 fully saturated rings. The van der Waals surface area contributed by atoms with Gasteiger partial charge in [0.2, 0.25) is 17.7 Å². The maximum Gasteiger partial charge on any atom is 0.247 e. The molecule has 1 spiro atoms. The zero-order valence-electron chi connectivity index (χ0n) is 23.9. The van der Waals surface area contributed by atoms with E-state index in [0.717, 1.165) is 5.52 Å². The maximum absolute atomic E-state index is 14.1. The Bertz CT molecular complexity index is 1510. The van der Waals surface area contributed by atoms with Gasteiger partial charge in [-0.1, -0.05) is 24.3 Å². The van der Waals surface area contributed by atoms with Crippen molar-refractivity contribution in [3.63, 3.8) is 0 Å². The van der Waals surface area contributed by atoms with Crippen LogP contribution >= 0.6 is 0 Å². The zero-order valence-corrected chi connectivity index (χ0v) is 23.9. The normalized spacial score (nSPS) is 29.6. The number of hydrogen-bond acceptors (Lipinski definition) is 8. The van der Waals surface area contributed by atoms with Gasteiger partial charge < -0.3 is 30.1 Å². The molecule has 6 rings (SSSR count). The monoisotopic (exact) mass is 576 g/mol. The molecule has 4 heterocycles. The van der Waals surface area contributed by atoms with E-state index in [1.54, 1.807) is 28.9 Å². The van der Waals surface area contributed by atoms with Crippen LogP contribution in [-0.2, 0) is 25.8 Å². The first-order valence-electron chi connectivity index (χ1n) is 14.4. The molecule has 3 N–H and O–H groups in total. The molecule has 0 aliphatic carbocycles. The van der Waals surface area contributed by atoms with E-state index in [2.05, 4.69) is 20.9 Å². The zero-order chi connectivity index (χ0) is 29.6. The van der Waals surface area contributed by atoms with Crippen molar-refractivity contribution in [1.29, 1.82) is 0 Å². The number of aromatic nitrogens is 3. The number of hydrogen-bond donors (Lipinski definition) is 3. The Kier molecular flexibility index (Phi) is 7.14. The van der Waals surface area contributed by atoms with Crippen molar-refractivity contribution in [2.24, 2.45) is 17.8 Å². The van der Waals surface area contributed by atoms with Gasteiger partial charge in [0.25, 0.3) is 0 Å². The van der Waals surface area contributed by atoms with Crippen molar-refractivity contribution in [1.82, 2.24) is 25.2 Å². The summed E-state index contributed by atoms with van der Waals surface area (Å²) in [6, 6.07) is 13.5. The van der Waals surface area contributed by atoms with Crippen LogP contribution in [0.4, 0.5) is 5.69 Å². The summed E-state index contributed by atoms with van der Waals surface area (Å²) in [4.78, 5) is 43.4. The van der Waals surface area contributed by atoms with Crippen LogP contribution < -0.4 is 15.4 Å². The second-order valence-electron chi connectivity index (χ2n) is 11.5. The fourth-order valence-corrected chi connectivity index (χ4v) is 7.23. The standard InChI is InChI=1S/C30H36N6O6/c1-4-41-20-12-10-19(11-13-20)32-26(38)23-24-28(40)35(14-7-15-37)25(30(24)16-18(2)29(23,3)42-30)27(39)31-17-36-22-9-6-5-8-21(22)33-34-36/h5-6,8-13,18,23-25,37H,4,7,14-17H2,1-3H3,(H,31,39)(H,32,38)/t18?,23-,24-,25?,29+,30?/m0/s1. The molecule has 12 heteroatoms. The van der Waals surface area contributed by atoms with Gasteiger partial charge >= 0.3 is 0 Å². The molecule has 3 aliphatic rings. The Morgan fingerprint density at radius 3 is 2.67 bits per heavy atom. The quantitative estimate of drug-likeness (QED) is 0.332. The number of nitrogens with zero attached hydrogens (tertiary/aromatic N) is 4. The molecule has 2 bridgehead atoms. The van der Waals surface area contributed by atoms with Crippen molar-refractivity contribution in [2.75, 3.05) is 25.1 Å². The minimum Gasteiger partial charge on any atom is -0.494 e. The van der Waals surface area contributed by atoms with Crippen LogP contribution in [0.25, 0.3) is 11.0 Å². The number of aliphatic hydroxyl groups is 1. The molecular weight excluding hydrogens is 540 g/mol. The minimum atomic E-state index is -1.18. The lowest BCUT2D eigenvalue weighted by Gasteiger charge is -2.36. The van der Waals surface area contributed by atoms with Crippen molar-refractivity contribution in [2.45, 2.75) is 57.5 Å². The maximum atomic E-state index is 14.1. The van der Waals surface area contributed by atoms with E-state index in [0.29, 0.717) is 36.4 Å². The number of carbonyl (C=O) groups is 3. The van der Waals surface area contributed by atoms with Gasteiger partial charge in [0.05, 0.1) is 29.6 Å². The molecule has 1 aromatic heterocycles. The number of ether oxygens (including phenoxy) is 2. The smallest absolute Gasteiger partial charge is 0.247 e. The van der Waals surface area contributed by atoms with Gasteiger partial charge in [-0.3, -0.25) is 14.4 Å². The molecule has 3 aliphatic heterocycles. The van der Waals surface area contributed by atoms with E-state index in [1.807, 2.05) is 45.0 Å². The summed E-state index contributed by atoms with van der Waals surface area (Å²) in [7, 11) is 0. The van der Waals surface area contributed by atoms with Crippen LogP contribution in [0.1, 0.15) is 33.6 Å². The van der Waals surface area contributed by atoms with E-state index < -0.39 is 35.0 Å². The number of carbonyl (C=O) groups excluding carboxylic acids is 3. The highest BCUT2D eigenvalue weighted by Crippen LogP contribution is 2.65. The van der Waals surface area contributed by atoms with Crippen LogP contribution in [0.15, 0.2) is 48.5 Å². The second kappa shape index (κ2) is 10.7. The Morgan fingerprint density at radius 2 is 1.93 bits per heavy atom. The van der Waals surface area contributed by atoms with E-state index in [4.69, 9.17) is 9.47 Å². The average molecular weight is 577 g/mol. The molecule has 6 atom stereocenters. The van der Waals surface area contributed by atoms with Gasteiger partial charge in [0.1, 0.15) is 29.6 Å². The van der Waals surface area contributed by atoms with Gasteiger partial charge in [0, 0.05) is 18.8 Å². The Labute approximate surface area is 243 Å². The summed E-state index contributed by atoms with van der Waals surface area (Å²) in [5.74, 6) is -2.09. The molecule has 0 radical (unpaired) electrons. The molecule has 2 aromatic carbocycles. The van der Waals surface area contributed by atoms with Crippen LogP contribution in [-0.4, -0.2) is 79.7 Å². The molecule has 42 heavy (non-hydrogen) atoms. The number of nitrogens with one attached hydrogen (secondary N) is 2. The van der Waals surface area contributed by atoms with Crippen LogP contribution in [0.5, 0.6) is 5.75 Å². The first-order valence-corrected chi connectivity index (χ1v) is 14.4. The number of rotatable bonds is 10. The van der Waals surface area contributed by atoms with Crippen molar-refractivity contribution < 1.29 is 29.0 Å². The van der Waals surface area contributed by atoms with Crippen molar-refractivity contribution in [3.8, 4) is 5.75 Å². The molecule has 3 amide bonds. The molecule has 222 valence electrons. The van der Waals surface area contributed by atoms with Gasteiger partial charge in [-0.25, -0.2) is 4.68 Å². The number of amides is 3. The summed E-state index contributed by atoms with van der Waals surface area (Å²) in [5, 5.41) is 23.8. The lowest BCUT2D eigenvalue weighted by Crippen LogP contribution is -2.56. The highest BCUT2D eigenvalue weighted by atomic mass is 16.5. The third-order valence-corrected chi connectivity index (χ3v) is 9.16.